The summed E-state index contributed by atoms with van der Waals surface area (Å²) in [4.78, 5) is 0. The van der Waals surface area contributed by atoms with Crippen molar-refractivity contribution < 1.29 is 4.74 Å². The average molecular weight is 99.2 g/mol. The summed E-state index contributed by atoms with van der Waals surface area (Å²) in [7, 11) is 1.62. The molecule has 0 rings (SSSR count). The highest BCUT2D eigenvalue weighted by Crippen LogP contribution is 1.99. The summed E-state index contributed by atoms with van der Waals surface area (Å²) in [5.74, 6) is 0.815. The molecule has 1 radical (unpaired) electrons. The van der Waals surface area contributed by atoms with Crippen LogP contribution in [0.1, 0.15) is 12.8 Å². The summed E-state index contributed by atoms with van der Waals surface area (Å²) in [6, 6.07) is 0. The second kappa shape index (κ2) is 3.72. The first-order chi connectivity index (χ1) is 3.31. The molecule has 0 aliphatic carbocycles. The van der Waals surface area contributed by atoms with Crippen molar-refractivity contribution in [3.8, 4) is 0 Å². The molecule has 0 unspecified atom stereocenters. The molecule has 0 heterocycles. The van der Waals surface area contributed by atoms with E-state index in [-0.39, 0.29) is 0 Å². The lowest BCUT2D eigenvalue weighted by Crippen LogP contribution is -1.80. The number of hydrogen-bond donors (Lipinski definition) is 0. The fraction of sp³-hybridized carbons (Fsp3) is 0.500. The molecule has 0 aromatic rings. The van der Waals surface area contributed by atoms with Crippen molar-refractivity contribution in [3.05, 3.63) is 19.3 Å². The van der Waals surface area contributed by atoms with Gasteiger partial charge in [0.05, 0.1) is 12.9 Å². The van der Waals surface area contributed by atoms with Gasteiger partial charge in [-0.25, -0.2) is 0 Å². The van der Waals surface area contributed by atoms with Crippen molar-refractivity contribution in [2.45, 2.75) is 12.8 Å². The molecule has 0 saturated heterocycles. The Hall–Kier alpha value is -0.460. The van der Waals surface area contributed by atoms with Gasteiger partial charge >= 0.3 is 0 Å². The fourth-order valence-corrected chi connectivity index (χ4v) is 0.299. The second-order valence-electron chi connectivity index (χ2n) is 1.35. The predicted octanol–water partition coefficient (Wildman–Crippen LogP) is 1.76. The molecule has 0 aliphatic heterocycles. The minimum absolute atomic E-state index is 0.815. The number of methoxy groups -OCH3 is 1. The van der Waals surface area contributed by atoms with Crippen LogP contribution in [0.4, 0.5) is 0 Å². The Bertz CT molecular complexity index is 57.2. The van der Waals surface area contributed by atoms with Gasteiger partial charge in [0.25, 0.3) is 0 Å². The van der Waals surface area contributed by atoms with E-state index in [0.717, 1.165) is 18.6 Å². The number of rotatable bonds is 3. The van der Waals surface area contributed by atoms with Crippen molar-refractivity contribution in [2.24, 2.45) is 0 Å². The summed E-state index contributed by atoms with van der Waals surface area (Å²) in [6.45, 7) is 7.23. The Morgan fingerprint density at radius 3 is 2.43 bits per heavy atom. The van der Waals surface area contributed by atoms with E-state index in [1.165, 1.54) is 0 Å². The Labute approximate surface area is 45.0 Å². The first kappa shape index (κ1) is 6.54. The van der Waals surface area contributed by atoms with Gasteiger partial charge in [-0.3, -0.25) is 0 Å². The van der Waals surface area contributed by atoms with Gasteiger partial charge in [0.15, 0.2) is 0 Å². The van der Waals surface area contributed by atoms with Crippen LogP contribution in [0.15, 0.2) is 12.3 Å². The van der Waals surface area contributed by atoms with Gasteiger partial charge in [0.1, 0.15) is 0 Å². The van der Waals surface area contributed by atoms with Crippen molar-refractivity contribution in [1.82, 2.24) is 0 Å². The summed E-state index contributed by atoms with van der Waals surface area (Å²) < 4.78 is 4.76. The van der Waals surface area contributed by atoms with Crippen molar-refractivity contribution in [2.75, 3.05) is 7.11 Å². The zero-order valence-corrected chi connectivity index (χ0v) is 4.74. The second-order valence-corrected chi connectivity index (χ2v) is 1.35. The molecule has 7 heavy (non-hydrogen) atoms. The Morgan fingerprint density at radius 2 is 2.29 bits per heavy atom. The molecular weight excluding hydrogens is 88.1 g/mol. The lowest BCUT2D eigenvalue weighted by Gasteiger charge is -1.97. The summed E-state index contributed by atoms with van der Waals surface area (Å²) in [5, 5.41) is 0. The summed E-state index contributed by atoms with van der Waals surface area (Å²) in [6.07, 6.45) is 1.74. The van der Waals surface area contributed by atoms with Crippen LogP contribution in [0.3, 0.4) is 0 Å². The lowest BCUT2D eigenvalue weighted by molar-refractivity contribution is 0.280. The molecule has 1 heteroatoms. The standard InChI is InChI=1S/C6H11O/c1-4-5-6(2)7-3/h1-2,4-5H2,3H3. The maximum atomic E-state index is 4.76. The van der Waals surface area contributed by atoms with Gasteiger partial charge in [0, 0.05) is 6.42 Å². The highest BCUT2D eigenvalue weighted by atomic mass is 16.5. The molecular formula is C6H11O. The highest BCUT2D eigenvalue weighted by Gasteiger charge is 1.84. The Balaban J connectivity index is 3.00. The van der Waals surface area contributed by atoms with Crippen molar-refractivity contribution in [1.29, 1.82) is 0 Å². The summed E-state index contributed by atoms with van der Waals surface area (Å²) in [5.41, 5.74) is 0. The van der Waals surface area contributed by atoms with E-state index in [1.807, 2.05) is 0 Å². The van der Waals surface area contributed by atoms with Crippen LogP contribution < -0.4 is 0 Å². The van der Waals surface area contributed by atoms with Crippen LogP contribution in [0.2, 0.25) is 0 Å². The van der Waals surface area contributed by atoms with Gasteiger partial charge < -0.3 is 4.74 Å². The van der Waals surface area contributed by atoms with Gasteiger partial charge in [-0.05, 0) is 6.42 Å². The highest BCUT2D eigenvalue weighted by molar-refractivity contribution is 4.80. The molecule has 0 saturated carbocycles. The van der Waals surface area contributed by atoms with Gasteiger partial charge in [-0.15, -0.1) is 0 Å². The fourth-order valence-electron chi connectivity index (χ4n) is 0.299. The summed E-state index contributed by atoms with van der Waals surface area (Å²) >= 11 is 0. The maximum absolute atomic E-state index is 4.76. The molecule has 0 aromatic carbocycles. The third-order valence-electron chi connectivity index (χ3n) is 0.744. The minimum atomic E-state index is 0.815. The van der Waals surface area contributed by atoms with Crippen LogP contribution >= 0.6 is 0 Å². The zero-order valence-electron chi connectivity index (χ0n) is 4.74. The normalized spacial score (nSPS) is 8.29. The number of hydrogen-bond acceptors (Lipinski definition) is 1. The van der Waals surface area contributed by atoms with E-state index in [2.05, 4.69) is 13.5 Å². The van der Waals surface area contributed by atoms with Gasteiger partial charge in [0.2, 0.25) is 0 Å². The smallest absolute Gasteiger partial charge is 0.0883 e. The number of allylic oxidation sites excluding steroid dienone is 1. The molecule has 0 spiro atoms. The predicted molar refractivity (Wildman–Crippen MR) is 30.7 cm³/mol. The molecule has 0 amide bonds. The third-order valence-corrected chi connectivity index (χ3v) is 0.744. The molecule has 0 N–H and O–H groups in total. The van der Waals surface area contributed by atoms with E-state index < -0.39 is 0 Å². The lowest BCUT2D eigenvalue weighted by atomic mass is 10.3. The van der Waals surface area contributed by atoms with E-state index in [9.17, 15) is 0 Å². The molecule has 1 nitrogen and oxygen atoms in total. The largest absolute Gasteiger partial charge is 0.502 e. The third kappa shape index (κ3) is 3.37. The Kier molecular flexibility index (Phi) is 3.48. The molecule has 0 aliphatic rings. The first-order valence-electron chi connectivity index (χ1n) is 2.32. The average Bonchev–Trinajstić information content (AvgIpc) is 1.68. The van der Waals surface area contributed by atoms with Gasteiger partial charge in [-0.2, -0.15) is 0 Å². The quantitative estimate of drug-likeness (QED) is 0.490. The molecule has 0 fully saturated rings. The van der Waals surface area contributed by atoms with Crippen molar-refractivity contribution >= 4 is 0 Å². The maximum Gasteiger partial charge on any atom is 0.0883 e. The van der Waals surface area contributed by atoms with Crippen LogP contribution in [0.25, 0.3) is 0 Å². The monoisotopic (exact) mass is 99.1 g/mol. The van der Waals surface area contributed by atoms with E-state index >= 15 is 0 Å². The first-order valence-corrected chi connectivity index (χ1v) is 2.32. The van der Waals surface area contributed by atoms with Crippen LogP contribution in [0.5, 0.6) is 0 Å². The number of ether oxygens (including phenoxy) is 1. The SMILES string of the molecule is [CH2]CCC(=C)OC. The van der Waals surface area contributed by atoms with Crippen LogP contribution in [-0.4, -0.2) is 7.11 Å². The minimum Gasteiger partial charge on any atom is -0.502 e. The van der Waals surface area contributed by atoms with E-state index in [1.54, 1.807) is 7.11 Å². The topological polar surface area (TPSA) is 9.23 Å². The molecule has 41 valence electrons. The van der Waals surface area contributed by atoms with Crippen LogP contribution in [-0.2, 0) is 4.74 Å². The van der Waals surface area contributed by atoms with Gasteiger partial charge in [-0.1, -0.05) is 13.5 Å². The molecule has 0 atom stereocenters. The molecule has 0 aromatic heterocycles. The van der Waals surface area contributed by atoms with E-state index in [0.29, 0.717) is 0 Å². The van der Waals surface area contributed by atoms with E-state index in [4.69, 9.17) is 4.74 Å². The molecule has 0 bridgehead atoms. The van der Waals surface area contributed by atoms with Crippen molar-refractivity contribution in [3.63, 3.8) is 0 Å². The van der Waals surface area contributed by atoms with Crippen LogP contribution in [0, 0.1) is 6.92 Å². The Morgan fingerprint density at radius 1 is 1.71 bits per heavy atom. The zero-order chi connectivity index (χ0) is 5.70.